The van der Waals surface area contributed by atoms with Crippen molar-refractivity contribution in [1.29, 1.82) is 0 Å². The van der Waals surface area contributed by atoms with Gasteiger partial charge in [-0.2, -0.15) is 5.10 Å². The number of hydrogen-bond donors (Lipinski definition) is 0. The number of nitrogens with zero attached hydrogens (tertiary/aromatic N) is 2. The molecule has 2 heterocycles. The van der Waals surface area contributed by atoms with E-state index >= 15 is 0 Å². The van der Waals surface area contributed by atoms with E-state index in [-0.39, 0.29) is 0 Å². The maximum Gasteiger partial charge on any atom is 0.215 e. The molecule has 1 aliphatic heterocycles. The van der Waals surface area contributed by atoms with Crippen LogP contribution in [0, 0.1) is 0 Å². The fraction of sp³-hybridized carbons (Fsp3) is 0.812. The molecule has 3 nitrogen and oxygen atoms in total. The highest BCUT2D eigenvalue weighted by molar-refractivity contribution is 5.37. The fourth-order valence-electron chi connectivity index (χ4n) is 3.53. The van der Waals surface area contributed by atoms with Gasteiger partial charge in [-0.05, 0) is 25.7 Å². The zero-order valence-corrected chi connectivity index (χ0v) is 12.5. The predicted molar refractivity (Wildman–Crippen MR) is 76.8 cm³/mol. The lowest BCUT2D eigenvalue weighted by Gasteiger charge is -2.24. The van der Waals surface area contributed by atoms with E-state index in [9.17, 15) is 0 Å². The van der Waals surface area contributed by atoms with Gasteiger partial charge < -0.3 is 4.74 Å². The molecule has 3 rings (SSSR count). The van der Waals surface area contributed by atoms with Gasteiger partial charge in [-0.25, -0.2) is 4.68 Å². The van der Waals surface area contributed by atoms with Gasteiger partial charge in [0, 0.05) is 24.4 Å². The normalized spacial score (nSPS) is 24.3. The second kappa shape index (κ2) is 5.18. The molecular weight excluding hydrogens is 236 g/mol. The molecular formula is C16H26N2O. The summed E-state index contributed by atoms with van der Waals surface area (Å²) < 4.78 is 8.22. The number of fused-ring (bicyclic) bond motifs is 1. The van der Waals surface area contributed by atoms with Crippen molar-refractivity contribution in [2.24, 2.45) is 0 Å². The standard InChI is InChI=1S/C16H26N2O/c1-11(2)14-15(13-7-5-4-6-8-13)17-18-10-9-12(3)19-16(14)18/h11-13H,4-10H2,1-3H3/t12-/m1/s1. The molecule has 19 heavy (non-hydrogen) atoms. The maximum atomic E-state index is 6.10. The summed E-state index contributed by atoms with van der Waals surface area (Å²) in [5.74, 6) is 2.24. The number of ether oxygens (including phenoxy) is 1. The Morgan fingerprint density at radius 2 is 1.89 bits per heavy atom. The molecule has 106 valence electrons. The van der Waals surface area contributed by atoms with Crippen LogP contribution in [0.4, 0.5) is 0 Å². The van der Waals surface area contributed by atoms with Crippen LogP contribution in [0.3, 0.4) is 0 Å². The lowest BCUT2D eigenvalue weighted by molar-refractivity contribution is 0.147. The van der Waals surface area contributed by atoms with Crippen molar-refractivity contribution in [2.45, 2.75) is 83.8 Å². The van der Waals surface area contributed by atoms with Gasteiger partial charge in [-0.3, -0.25) is 0 Å². The van der Waals surface area contributed by atoms with Crippen LogP contribution in [0.15, 0.2) is 0 Å². The summed E-state index contributed by atoms with van der Waals surface area (Å²) in [5.41, 5.74) is 2.73. The molecule has 0 amide bonds. The molecule has 1 saturated carbocycles. The first-order chi connectivity index (χ1) is 9.16. The molecule has 0 radical (unpaired) electrons. The molecule has 0 aromatic carbocycles. The van der Waals surface area contributed by atoms with Crippen LogP contribution in [0.5, 0.6) is 5.88 Å². The Morgan fingerprint density at radius 3 is 2.58 bits per heavy atom. The smallest absolute Gasteiger partial charge is 0.215 e. The molecule has 1 aromatic heterocycles. The SMILES string of the molecule is CC(C)c1c(C2CCCCC2)nn2c1O[C@H](C)CC2. The van der Waals surface area contributed by atoms with Crippen molar-refractivity contribution >= 4 is 0 Å². The van der Waals surface area contributed by atoms with E-state index in [1.54, 1.807) is 0 Å². The number of aromatic nitrogens is 2. The fourth-order valence-corrected chi connectivity index (χ4v) is 3.53. The zero-order chi connectivity index (χ0) is 13.4. The van der Waals surface area contributed by atoms with Crippen molar-refractivity contribution in [2.75, 3.05) is 0 Å². The third-order valence-electron chi connectivity index (χ3n) is 4.60. The van der Waals surface area contributed by atoms with Crippen molar-refractivity contribution < 1.29 is 4.74 Å². The van der Waals surface area contributed by atoms with Gasteiger partial charge in [-0.15, -0.1) is 0 Å². The first-order valence-corrected chi connectivity index (χ1v) is 7.94. The second-order valence-corrected chi connectivity index (χ2v) is 6.53. The number of hydrogen-bond acceptors (Lipinski definition) is 2. The van der Waals surface area contributed by atoms with E-state index in [2.05, 4.69) is 25.5 Å². The van der Waals surface area contributed by atoms with Gasteiger partial charge in [-0.1, -0.05) is 33.1 Å². The summed E-state index contributed by atoms with van der Waals surface area (Å²) in [6, 6.07) is 0. The van der Waals surface area contributed by atoms with Crippen LogP contribution in [-0.4, -0.2) is 15.9 Å². The predicted octanol–water partition coefficient (Wildman–Crippen LogP) is 4.23. The lowest BCUT2D eigenvalue weighted by atomic mass is 9.84. The first kappa shape index (κ1) is 13.0. The molecule has 3 heteroatoms. The van der Waals surface area contributed by atoms with Gasteiger partial charge in [0.2, 0.25) is 5.88 Å². The Balaban J connectivity index is 1.99. The Hall–Kier alpha value is -0.990. The molecule has 0 spiro atoms. The van der Waals surface area contributed by atoms with Crippen LogP contribution >= 0.6 is 0 Å². The summed E-state index contributed by atoms with van der Waals surface area (Å²) in [5, 5.41) is 4.92. The summed E-state index contributed by atoms with van der Waals surface area (Å²) in [7, 11) is 0. The summed E-state index contributed by atoms with van der Waals surface area (Å²) >= 11 is 0. The Labute approximate surface area is 116 Å². The largest absolute Gasteiger partial charge is 0.475 e. The van der Waals surface area contributed by atoms with E-state index < -0.39 is 0 Å². The Morgan fingerprint density at radius 1 is 1.16 bits per heavy atom. The molecule has 2 aliphatic rings. The van der Waals surface area contributed by atoms with E-state index in [1.165, 1.54) is 43.4 Å². The molecule has 1 fully saturated rings. The van der Waals surface area contributed by atoms with Crippen molar-refractivity contribution in [3.05, 3.63) is 11.3 Å². The lowest BCUT2D eigenvalue weighted by Crippen LogP contribution is -2.23. The highest BCUT2D eigenvalue weighted by atomic mass is 16.5. The van der Waals surface area contributed by atoms with Crippen molar-refractivity contribution in [3.8, 4) is 5.88 Å². The summed E-state index contributed by atoms with van der Waals surface area (Å²) in [4.78, 5) is 0. The minimum atomic E-state index is 0.334. The number of aryl methyl sites for hydroxylation is 1. The topological polar surface area (TPSA) is 27.1 Å². The maximum absolute atomic E-state index is 6.10. The minimum Gasteiger partial charge on any atom is -0.475 e. The van der Waals surface area contributed by atoms with Crippen molar-refractivity contribution in [1.82, 2.24) is 9.78 Å². The third kappa shape index (κ3) is 2.39. The second-order valence-electron chi connectivity index (χ2n) is 6.53. The molecule has 1 aromatic rings. The average molecular weight is 262 g/mol. The van der Waals surface area contributed by atoms with Crippen LogP contribution in [0.1, 0.15) is 82.4 Å². The van der Waals surface area contributed by atoms with Gasteiger partial charge in [0.1, 0.15) is 0 Å². The highest BCUT2D eigenvalue weighted by Crippen LogP contribution is 2.41. The highest BCUT2D eigenvalue weighted by Gasteiger charge is 2.30. The zero-order valence-electron chi connectivity index (χ0n) is 12.5. The van der Waals surface area contributed by atoms with Crippen LogP contribution in [0.2, 0.25) is 0 Å². The molecule has 1 aliphatic carbocycles. The van der Waals surface area contributed by atoms with E-state index in [0.29, 0.717) is 17.9 Å². The van der Waals surface area contributed by atoms with E-state index in [4.69, 9.17) is 9.84 Å². The number of rotatable bonds is 2. The molecule has 0 unspecified atom stereocenters. The molecule has 0 bridgehead atoms. The molecule has 1 atom stereocenters. The van der Waals surface area contributed by atoms with Gasteiger partial charge in [0.15, 0.2) is 0 Å². The van der Waals surface area contributed by atoms with Crippen LogP contribution in [0.25, 0.3) is 0 Å². The molecule has 0 N–H and O–H groups in total. The van der Waals surface area contributed by atoms with Gasteiger partial charge >= 0.3 is 0 Å². The van der Waals surface area contributed by atoms with Crippen LogP contribution < -0.4 is 4.74 Å². The minimum absolute atomic E-state index is 0.334. The average Bonchev–Trinajstić information content (AvgIpc) is 2.78. The van der Waals surface area contributed by atoms with Gasteiger partial charge in [0.25, 0.3) is 0 Å². The Bertz CT molecular complexity index is 444. The van der Waals surface area contributed by atoms with E-state index in [0.717, 1.165) is 18.8 Å². The van der Waals surface area contributed by atoms with Crippen LogP contribution in [-0.2, 0) is 6.54 Å². The van der Waals surface area contributed by atoms with Gasteiger partial charge in [0.05, 0.1) is 11.8 Å². The summed E-state index contributed by atoms with van der Waals surface area (Å²) in [6.07, 6.45) is 8.16. The first-order valence-electron chi connectivity index (χ1n) is 7.94. The Kier molecular flexibility index (Phi) is 3.55. The third-order valence-corrected chi connectivity index (χ3v) is 4.60. The van der Waals surface area contributed by atoms with Crippen molar-refractivity contribution in [3.63, 3.8) is 0 Å². The quantitative estimate of drug-likeness (QED) is 0.797. The monoisotopic (exact) mass is 262 g/mol. The molecule has 0 saturated heterocycles. The summed E-state index contributed by atoms with van der Waals surface area (Å²) in [6.45, 7) is 7.73. The van der Waals surface area contributed by atoms with E-state index in [1.807, 2.05) is 0 Å².